The molecule has 3 rings (SSSR count). The second-order valence-corrected chi connectivity index (χ2v) is 8.61. The number of rotatable bonds is 6. The van der Waals surface area contributed by atoms with Crippen molar-refractivity contribution in [2.45, 2.75) is 19.6 Å². The van der Waals surface area contributed by atoms with Crippen LogP contribution in [0.3, 0.4) is 0 Å². The molecule has 1 aliphatic heterocycles. The van der Waals surface area contributed by atoms with Gasteiger partial charge in [0.1, 0.15) is 17.5 Å². The summed E-state index contributed by atoms with van der Waals surface area (Å²) in [5.41, 5.74) is 0.918. The van der Waals surface area contributed by atoms with Crippen molar-refractivity contribution in [2.75, 3.05) is 42.9 Å². The van der Waals surface area contributed by atoms with Gasteiger partial charge in [0.25, 0.3) is 0 Å². The maximum atomic E-state index is 13.3. The van der Waals surface area contributed by atoms with Crippen molar-refractivity contribution >= 4 is 21.8 Å². The second kappa shape index (κ2) is 8.36. The molecule has 0 spiro atoms. The van der Waals surface area contributed by atoms with E-state index in [4.69, 9.17) is 0 Å². The van der Waals surface area contributed by atoms with Crippen LogP contribution in [0.2, 0.25) is 0 Å². The highest BCUT2D eigenvalue weighted by atomic mass is 32.2. The van der Waals surface area contributed by atoms with Gasteiger partial charge in [-0.2, -0.15) is 9.29 Å². The van der Waals surface area contributed by atoms with Gasteiger partial charge >= 0.3 is 0 Å². The minimum atomic E-state index is -3.68. The third-order valence-electron chi connectivity index (χ3n) is 4.39. The highest BCUT2D eigenvalue weighted by molar-refractivity contribution is 7.88. The molecule has 2 aromatic rings. The molecule has 1 fully saturated rings. The van der Waals surface area contributed by atoms with E-state index in [9.17, 15) is 17.2 Å². The Morgan fingerprint density at radius 2 is 1.68 bits per heavy atom. The summed E-state index contributed by atoms with van der Waals surface area (Å²) in [6, 6.07) is 4.66. The van der Waals surface area contributed by atoms with E-state index in [-0.39, 0.29) is 18.7 Å². The Morgan fingerprint density at radius 3 is 2.29 bits per heavy atom. The Balaban J connectivity index is 1.67. The van der Waals surface area contributed by atoms with Crippen molar-refractivity contribution in [1.29, 1.82) is 0 Å². The van der Waals surface area contributed by atoms with Crippen LogP contribution in [0.4, 0.5) is 20.5 Å². The first-order valence-electron chi connectivity index (χ1n) is 9.04. The van der Waals surface area contributed by atoms with Crippen LogP contribution in [0, 0.1) is 18.6 Å². The van der Waals surface area contributed by atoms with Gasteiger partial charge in [-0.15, -0.1) is 0 Å². The summed E-state index contributed by atoms with van der Waals surface area (Å²) in [5.74, 6) is -0.729. The molecule has 0 aliphatic carbocycles. The SMILES string of the molecule is CCNc1cc(C)nc(N2CCN(S(=O)(=O)Cc3cc(F)cc(F)c3)CC2)n1. The number of hydrogen-bond acceptors (Lipinski definition) is 6. The molecule has 0 atom stereocenters. The van der Waals surface area contributed by atoms with E-state index in [1.165, 1.54) is 4.31 Å². The van der Waals surface area contributed by atoms with Crippen LogP contribution >= 0.6 is 0 Å². The number of hydrogen-bond donors (Lipinski definition) is 1. The van der Waals surface area contributed by atoms with Crippen molar-refractivity contribution in [3.8, 4) is 0 Å². The Morgan fingerprint density at radius 1 is 1.04 bits per heavy atom. The molecule has 0 unspecified atom stereocenters. The van der Waals surface area contributed by atoms with Gasteiger partial charge in [-0.3, -0.25) is 0 Å². The maximum Gasteiger partial charge on any atom is 0.227 e. The zero-order valence-electron chi connectivity index (χ0n) is 15.8. The van der Waals surface area contributed by atoms with Crippen molar-refractivity contribution in [3.05, 3.63) is 47.2 Å². The standard InChI is InChI=1S/C18H23F2N5O2S/c1-3-21-17-8-13(2)22-18(23-17)24-4-6-25(7-5-24)28(26,27)12-14-9-15(19)11-16(20)10-14/h8-11H,3-7,12H2,1-2H3,(H,21,22,23). The molecule has 0 bridgehead atoms. The van der Waals surface area contributed by atoms with Crippen molar-refractivity contribution < 1.29 is 17.2 Å². The first-order chi connectivity index (χ1) is 13.3. The van der Waals surface area contributed by atoms with Crippen molar-refractivity contribution in [2.24, 2.45) is 0 Å². The average Bonchev–Trinajstić information content (AvgIpc) is 2.60. The highest BCUT2D eigenvalue weighted by Gasteiger charge is 2.28. The number of benzene rings is 1. The van der Waals surface area contributed by atoms with E-state index in [0.29, 0.717) is 19.0 Å². The molecule has 1 saturated heterocycles. The zero-order valence-corrected chi connectivity index (χ0v) is 16.6. The van der Waals surface area contributed by atoms with Gasteiger partial charge in [-0.25, -0.2) is 22.2 Å². The summed E-state index contributed by atoms with van der Waals surface area (Å²) in [7, 11) is -3.68. The number of piperazine rings is 1. The summed E-state index contributed by atoms with van der Waals surface area (Å²) < 4.78 is 53.3. The molecule has 1 aromatic heterocycles. The fraction of sp³-hybridized carbons (Fsp3) is 0.444. The number of nitrogens with zero attached hydrogens (tertiary/aromatic N) is 4. The summed E-state index contributed by atoms with van der Waals surface area (Å²) in [6.07, 6.45) is 0. The van der Waals surface area contributed by atoms with Crippen LogP contribution in [-0.4, -0.2) is 55.4 Å². The van der Waals surface area contributed by atoms with Gasteiger partial charge in [0.2, 0.25) is 16.0 Å². The second-order valence-electron chi connectivity index (χ2n) is 6.64. The van der Waals surface area contributed by atoms with E-state index in [0.717, 1.165) is 36.3 Å². The molecule has 2 heterocycles. The van der Waals surface area contributed by atoms with E-state index in [2.05, 4.69) is 15.3 Å². The molecule has 1 N–H and O–H groups in total. The first kappa shape index (κ1) is 20.4. The number of halogens is 2. The third-order valence-corrected chi connectivity index (χ3v) is 6.24. The highest BCUT2D eigenvalue weighted by Crippen LogP contribution is 2.19. The number of anilines is 2. The number of nitrogens with one attached hydrogen (secondary N) is 1. The van der Waals surface area contributed by atoms with Crippen LogP contribution in [0.5, 0.6) is 0 Å². The van der Waals surface area contributed by atoms with E-state index < -0.39 is 27.4 Å². The van der Waals surface area contributed by atoms with Crippen molar-refractivity contribution in [3.63, 3.8) is 0 Å². The van der Waals surface area contributed by atoms with Gasteiger partial charge < -0.3 is 10.2 Å². The predicted molar refractivity (Wildman–Crippen MR) is 104 cm³/mol. The molecule has 1 aliphatic rings. The van der Waals surface area contributed by atoms with Gasteiger partial charge in [0.05, 0.1) is 5.75 Å². The van der Waals surface area contributed by atoms with Crippen molar-refractivity contribution in [1.82, 2.24) is 14.3 Å². The summed E-state index contributed by atoms with van der Waals surface area (Å²) in [4.78, 5) is 10.8. The van der Waals surface area contributed by atoms with E-state index in [1.54, 1.807) is 0 Å². The lowest BCUT2D eigenvalue weighted by Crippen LogP contribution is -2.49. The van der Waals surface area contributed by atoms with Crippen LogP contribution in [0.1, 0.15) is 18.2 Å². The van der Waals surface area contributed by atoms with Gasteiger partial charge in [0, 0.05) is 50.6 Å². The molecule has 1 aromatic carbocycles. The lowest BCUT2D eigenvalue weighted by molar-refractivity contribution is 0.382. The molecule has 152 valence electrons. The topological polar surface area (TPSA) is 78.4 Å². The fourth-order valence-corrected chi connectivity index (χ4v) is 4.62. The lowest BCUT2D eigenvalue weighted by Gasteiger charge is -2.34. The molecular formula is C18H23F2N5O2S. The first-order valence-corrected chi connectivity index (χ1v) is 10.6. The molecule has 28 heavy (non-hydrogen) atoms. The van der Waals surface area contributed by atoms with E-state index in [1.807, 2.05) is 24.8 Å². The maximum absolute atomic E-state index is 13.3. The number of aromatic nitrogens is 2. The molecule has 10 heteroatoms. The normalized spacial score (nSPS) is 15.6. The zero-order chi connectivity index (χ0) is 20.3. The number of sulfonamides is 1. The molecule has 0 radical (unpaired) electrons. The molecule has 0 saturated carbocycles. The average molecular weight is 411 g/mol. The summed E-state index contributed by atoms with van der Waals surface area (Å²) in [5, 5.41) is 3.15. The van der Waals surface area contributed by atoms with Crippen LogP contribution in [-0.2, 0) is 15.8 Å². The fourth-order valence-electron chi connectivity index (χ4n) is 3.13. The van der Waals surface area contributed by atoms with E-state index >= 15 is 0 Å². The van der Waals surface area contributed by atoms with Gasteiger partial charge in [-0.05, 0) is 31.5 Å². The van der Waals surface area contributed by atoms with Crippen LogP contribution in [0.25, 0.3) is 0 Å². The van der Waals surface area contributed by atoms with Crippen LogP contribution < -0.4 is 10.2 Å². The number of aryl methyl sites for hydroxylation is 1. The monoisotopic (exact) mass is 411 g/mol. The van der Waals surface area contributed by atoms with Gasteiger partial charge in [0.15, 0.2) is 0 Å². The quantitative estimate of drug-likeness (QED) is 0.785. The lowest BCUT2D eigenvalue weighted by atomic mass is 10.2. The Labute approximate surface area is 163 Å². The summed E-state index contributed by atoms with van der Waals surface area (Å²) >= 11 is 0. The Bertz CT molecular complexity index is 927. The molecule has 0 amide bonds. The largest absolute Gasteiger partial charge is 0.370 e. The smallest absolute Gasteiger partial charge is 0.227 e. The van der Waals surface area contributed by atoms with Gasteiger partial charge in [-0.1, -0.05) is 0 Å². The summed E-state index contributed by atoms with van der Waals surface area (Å²) in [6.45, 7) is 5.98. The minimum absolute atomic E-state index is 0.0947. The minimum Gasteiger partial charge on any atom is -0.370 e. The predicted octanol–water partition coefficient (Wildman–Crippen LogP) is 2.15. The Hall–Kier alpha value is -2.33. The third kappa shape index (κ3) is 4.93. The molecule has 7 nitrogen and oxygen atoms in total. The Kier molecular flexibility index (Phi) is 6.09. The molecular weight excluding hydrogens is 388 g/mol. The van der Waals surface area contributed by atoms with Crippen LogP contribution in [0.15, 0.2) is 24.3 Å².